The number of hydrogen-bond acceptors (Lipinski definition) is 3. The first-order valence-electron chi connectivity index (χ1n) is 8.87. The molecule has 1 aromatic heterocycles. The van der Waals surface area contributed by atoms with E-state index >= 15 is 0 Å². The molecule has 0 aliphatic carbocycles. The van der Waals surface area contributed by atoms with Crippen molar-refractivity contribution in [2.24, 2.45) is 0 Å². The van der Waals surface area contributed by atoms with E-state index in [-0.39, 0.29) is 17.4 Å². The van der Waals surface area contributed by atoms with E-state index in [9.17, 15) is 14.4 Å². The van der Waals surface area contributed by atoms with Crippen LogP contribution < -0.4 is 15.8 Å². The maximum Gasteiger partial charge on any atom is 0.255 e. The predicted molar refractivity (Wildman–Crippen MR) is 105 cm³/mol. The molecule has 1 saturated heterocycles. The molecule has 1 aliphatic rings. The molecule has 0 spiro atoms. The lowest BCUT2D eigenvalue weighted by Gasteiger charge is -2.15. The molecule has 2 aromatic carbocycles. The third-order valence-corrected chi connectivity index (χ3v) is 4.80. The Morgan fingerprint density at radius 3 is 2.56 bits per heavy atom. The first-order chi connectivity index (χ1) is 13.0. The van der Waals surface area contributed by atoms with Crippen molar-refractivity contribution in [3.63, 3.8) is 0 Å². The molecule has 0 saturated carbocycles. The van der Waals surface area contributed by atoms with E-state index in [4.69, 9.17) is 0 Å². The van der Waals surface area contributed by atoms with Crippen LogP contribution in [0.5, 0.6) is 0 Å². The number of carbonyl (C=O) groups excluding carboxylic acids is 2. The zero-order valence-electron chi connectivity index (χ0n) is 14.9. The van der Waals surface area contributed by atoms with Crippen molar-refractivity contribution in [2.75, 3.05) is 16.8 Å². The zero-order valence-corrected chi connectivity index (χ0v) is 14.9. The molecule has 6 nitrogen and oxygen atoms in total. The fraction of sp³-hybridized carbons (Fsp3) is 0.190. The van der Waals surface area contributed by atoms with E-state index in [0.29, 0.717) is 28.8 Å². The van der Waals surface area contributed by atoms with Crippen LogP contribution in [0.3, 0.4) is 0 Å². The summed E-state index contributed by atoms with van der Waals surface area (Å²) in [7, 11) is 0. The number of benzene rings is 2. The Hall–Kier alpha value is -3.41. The summed E-state index contributed by atoms with van der Waals surface area (Å²) >= 11 is 0. The van der Waals surface area contributed by atoms with Gasteiger partial charge in [-0.05, 0) is 61.2 Å². The van der Waals surface area contributed by atoms with Crippen molar-refractivity contribution in [1.82, 2.24) is 4.98 Å². The molecule has 1 fully saturated rings. The number of amides is 2. The summed E-state index contributed by atoms with van der Waals surface area (Å²) in [5.74, 6) is -0.129. The Morgan fingerprint density at radius 1 is 1.07 bits per heavy atom. The van der Waals surface area contributed by atoms with Gasteiger partial charge in [-0.25, -0.2) is 0 Å². The normalized spacial score (nSPS) is 14.0. The average Bonchev–Trinajstić information content (AvgIpc) is 3.09. The number of aryl methyl sites for hydroxylation is 1. The van der Waals surface area contributed by atoms with Gasteiger partial charge in [0, 0.05) is 35.5 Å². The number of aromatic nitrogens is 1. The highest BCUT2D eigenvalue weighted by molar-refractivity contribution is 6.05. The fourth-order valence-corrected chi connectivity index (χ4v) is 3.31. The second-order valence-corrected chi connectivity index (χ2v) is 6.73. The van der Waals surface area contributed by atoms with Crippen LogP contribution in [-0.4, -0.2) is 23.3 Å². The van der Waals surface area contributed by atoms with E-state index < -0.39 is 0 Å². The molecule has 27 heavy (non-hydrogen) atoms. The Kier molecular flexibility index (Phi) is 4.24. The van der Waals surface area contributed by atoms with Crippen molar-refractivity contribution in [1.29, 1.82) is 0 Å². The van der Waals surface area contributed by atoms with E-state index in [2.05, 4.69) is 10.3 Å². The molecular formula is C21H19N3O3. The predicted octanol–water partition coefficient (Wildman–Crippen LogP) is 3.22. The van der Waals surface area contributed by atoms with Gasteiger partial charge in [0.25, 0.3) is 11.5 Å². The van der Waals surface area contributed by atoms with E-state index in [1.807, 2.05) is 12.1 Å². The molecule has 2 heterocycles. The minimum absolute atomic E-state index is 0.118. The first-order valence-corrected chi connectivity index (χ1v) is 8.87. The third-order valence-electron chi connectivity index (χ3n) is 4.80. The van der Waals surface area contributed by atoms with Crippen LogP contribution >= 0.6 is 0 Å². The van der Waals surface area contributed by atoms with Crippen molar-refractivity contribution in [2.45, 2.75) is 19.8 Å². The summed E-state index contributed by atoms with van der Waals surface area (Å²) in [5.41, 5.74) is 3.10. The van der Waals surface area contributed by atoms with Gasteiger partial charge in [0.05, 0.1) is 5.52 Å². The van der Waals surface area contributed by atoms with Crippen LogP contribution in [0.4, 0.5) is 11.4 Å². The number of rotatable bonds is 3. The van der Waals surface area contributed by atoms with Gasteiger partial charge in [0.2, 0.25) is 5.91 Å². The Bertz CT molecular complexity index is 1100. The van der Waals surface area contributed by atoms with Crippen LogP contribution in [0.15, 0.2) is 53.3 Å². The molecular weight excluding hydrogens is 342 g/mol. The van der Waals surface area contributed by atoms with E-state index in [1.165, 1.54) is 0 Å². The largest absolute Gasteiger partial charge is 0.322 e. The topological polar surface area (TPSA) is 82.3 Å². The van der Waals surface area contributed by atoms with Crippen molar-refractivity contribution in [3.8, 4) is 0 Å². The van der Waals surface area contributed by atoms with Gasteiger partial charge >= 0.3 is 0 Å². The maximum atomic E-state index is 12.5. The number of carbonyl (C=O) groups is 2. The number of anilines is 2. The summed E-state index contributed by atoms with van der Waals surface area (Å²) in [6, 6.07) is 14.2. The molecule has 2 N–H and O–H groups in total. The number of H-pyrrole nitrogens is 1. The molecule has 0 unspecified atom stereocenters. The van der Waals surface area contributed by atoms with Crippen molar-refractivity contribution >= 4 is 34.1 Å². The zero-order chi connectivity index (χ0) is 19.0. The minimum atomic E-state index is -0.247. The van der Waals surface area contributed by atoms with Crippen LogP contribution in [0.2, 0.25) is 0 Å². The van der Waals surface area contributed by atoms with E-state index in [1.54, 1.807) is 48.2 Å². The van der Waals surface area contributed by atoms with Crippen LogP contribution in [-0.2, 0) is 4.79 Å². The van der Waals surface area contributed by atoms with E-state index in [0.717, 1.165) is 24.0 Å². The minimum Gasteiger partial charge on any atom is -0.322 e. The quantitative estimate of drug-likeness (QED) is 0.751. The SMILES string of the molecule is Cc1cc2ccc(NC(=O)c3ccc(N4CCCC4=O)cc3)cc2[nH]c1=O. The standard InChI is InChI=1S/C21H19N3O3/c1-13-11-15-4-7-16(12-18(15)23-20(13)26)22-21(27)14-5-8-17(9-6-14)24-10-2-3-19(24)25/h4-9,11-12H,2-3,10H2,1H3,(H,22,27)(H,23,26). The number of nitrogens with zero attached hydrogens (tertiary/aromatic N) is 1. The number of aromatic amines is 1. The molecule has 0 atom stereocenters. The first kappa shape index (κ1) is 17.0. The highest BCUT2D eigenvalue weighted by atomic mass is 16.2. The summed E-state index contributed by atoms with van der Waals surface area (Å²) < 4.78 is 0. The molecule has 1 aliphatic heterocycles. The summed E-state index contributed by atoms with van der Waals surface area (Å²) in [6.45, 7) is 2.48. The number of pyridine rings is 1. The van der Waals surface area contributed by atoms with Gasteiger partial charge in [-0.3, -0.25) is 14.4 Å². The second kappa shape index (κ2) is 6.72. The monoisotopic (exact) mass is 361 g/mol. The Labute approximate surface area is 155 Å². The van der Waals surface area contributed by atoms with Gasteiger partial charge in [0.15, 0.2) is 0 Å². The summed E-state index contributed by atoms with van der Waals surface area (Å²) in [5, 5.41) is 3.75. The number of hydrogen-bond donors (Lipinski definition) is 2. The number of nitrogens with one attached hydrogen (secondary N) is 2. The van der Waals surface area contributed by atoms with Gasteiger partial charge in [-0.1, -0.05) is 6.07 Å². The lowest BCUT2D eigenvalue weighted by Crippen LogP contribution is -2.23. The fourth-order valence-electron chi connectivity index (χ4n) is 3.31. The number of fused-ring (bicyclic) bond motifs is 1. The highest BCUT2D eigenvalue weighted by Gasteiger charge is 2.21. The van der Waals surface area contributed by atoms with Gasteiger partial charge in [-0.2, -0.15) is 0 Å². The van der Waals surface area contributed by atoms with Crippen LogP contribution in [0.1, 0.15) is 28.8 Å². The smallest absolute Gasteiger partial charge is 0.255 e. The Morgan fingerprint density at radius 2 is 1.85 bits per heavy atom. The molecule has 0 bridgehead atoms. The second-order valence-electron chi connectivity index (χ2n) is 6.73. The Balaban J connectivity index is 1.53. The molecule has 4 rings (SSSR count). The molecule has 136 valence electrons. The molecule has 3 aromatic rings. The lowest BCUT2D eigenvalue weighted by molar-refractivity contribution is -0.117. The van der Waals surface area contributed by atoms with Crippen LogP contribution in [0, 0.1) is 6.92 Å². The van der Waals surface area contributed by atoms with Crippen molar-refractivity contribution < 1.29 is 9.59 Å². The summed E-state index contributed by atoms with van der Waals surface area (Å²) in [4.78, 5) is 40.6. The average molecular weight is 361 g/mol. The van der Waals surface area contributed by atoms with Gasteiger partial charge in [-0.15, -0.1) is 0 Å². The lowest BCUT2D eigenvalue weighted by atomic mass is 10.1. The third kappa shape index (κ3) is 3.33. The highest BCUT2D eigenvalue weighted by Crippen LogP contribution is 2.22. The molecule has 2 amide bonds. The summed E-state index contributed by atoms with van der Waals surface area (Å²) in [6.07, 6.45) is 1.44. The molecule has 6 heteroatoms. The van der Waals surface area contributed by atoms with Gasteiger partial charge < -0.3 is 15.2 Å². The van der Waals surface area contributed by atoms with Crippen LogP contribution in [0.25, 0.3) is 10.9 Å². The van der Waals surface area contributed by atoms with Crippen molar-refractivity contribution in [3.05, 3.63) is 70.0 Å². The maximum absolute atomic E-state index is 12.5. The van der Waals surface area contributed by atoms with Gasteiger partial charge in [0.1, 0.15) is 0 Å². The molecule has 0 radical (unpaired) electrons.